The van der Waals surface area contributed by atoms with Crippen molar-refractivity contribution in [3.8, 4) is 0 Å². The van der Waals surface area contributed by atoms with Gasteiger partial charge in [-0.15, -0.1) is 0 Å². The minimum absolute atomic E-state index is 0.217. The van der Waals surface area contributed by atoms with Crippen LogP contribution in [0, 0.1) is 6.92 Å². The monoisotopic (exact) mass is 419 g/mol. The van der Waals surface area contributed by atoms with Gasteiger partial charge in [-0.3, -0.25) is 14.9 Å². The third-order valence-electron chi connectivity index (χ3n) is 5.58. The molecule has 1 heterocycles. The molecular formula is C24H25N3O4. The zero-order chi connectivity index (χ0) is 21.8. The number of anilines is 1. The molecule has 1 aliphatic carbocycles. The number of carbonyl (C=O) groups excluding carboxylic acids is 3. The van der Waals surface area contributed by atoms with Crippen LogP contribution in [0.3, 0.4) is 0 Å². The van der Waals surface area contributed by atoms with Crippen LogP contribution in [0.5, 0.6) is 0 Å². The molecule has 1 aromatic heterocycles. The fourth-order valence-corrected chi connectivity index (χ4v) is 4.14. The summed E-state index contributed by atoms with van der Waals surface area (Å²) in [5.74, 6) is -1.19. The van der Waals surface area contributed by atoms with E-state index in [-0.39, 0.29) is 12.1 Å². The van der Waals surface area contributed by atoms with Crippen LogP contribution in [-0.2, 0) is 9.53 Å². The third kappa shape index (κ3) is 4.77. The molecule has 0 saturated heterocycles. The highest BCUT2D eigenvalue weighted by Gasteiger charge is 2.29. The molecule has 3 N–H and O–H groups in total. The third-order valence-corrected chi connectivity index (χ3v) is 5.58. The predicted octanol–water partition coefficient (Wildman–Crippen LogP) is 4.34. The molecule has 3 aromatic rings. The Morgan fingerprint density at radius 1 is 1.00 bits per heavy atom. The molecule has 0 radical (unpaired) electrons. The van der Waals surface area contributed by atoms with Gasteiger partial charge in [0, 0.05) is 34.7 Å². The van der Waals surface area contributed by atoms with Gasteiger partial charge in [0.15, 0.2) is 0 Å². The van der Waals surface area contributed by atoms with E-state index < -0.39 is 17.8 Å². The number of rotatable bonds is 5. The number of aromatic nitrogens is 1. The summed E-state index contributed by atoms with van der Waals surface area (Å²) >= 11 is 0. The number of ketones is 1. The molecule has 0 spiro atoms. The first-order valence-corrected chi connectivity index (χ1v) is 10.5. The van der Waals surface area contributed by atoms with Crippen LogP contribution in [0.15, 0.2) is 54.6 Å². The average Bonchev–Trinajstić information content (AvgIpc) is 3.09. The van der Waals surface area contributed by atoms with Gasteiger partial charge in [0.1, 0.15) is 6.10 Å². The maximum Gasteiger partial charge on any atom is 0.411 e. The van der Waals surface area contributed by atoms with E-state index in [1.54, 1.807) is 19.1 Å². The maximum atomic E-state index is 12.8. The summed E-state index contributed by atoms with van der Waals surface area (Å²) < 4.78 is 5.53. The van der Waals surface area contributed by atoms with E-state index in [0.29, 0.717) is 23.4 Å². The molecular weight excluding hydrogens is 394 g/mol. The number of H-pyrrole nitrogens is 1. The summed E-state index contributed by atoms with van der Waals surface area (Å²) in [5.41, 5.74) is 2.56. The molecule has 2 aromatic carbocycles. The van der Waals surface area contributed by atoms with Crippen molar-refractivity contribution in [3.05, 3.63) is 65.9 Å². The van der Waals surface area contributed by atoms with Crippen LogP contribution in [0.1, 0.15) is 41.7 Å². The molecule has 2 unspecified atom stereocenters. The number of aryl methyl sites for hydroxylation is 1. The summed E-state index contributed by atoms with van der Waals surface area (Å²) in [6, 6.07) is 16.3. The highest BCUT2D eigenvalue weighted by molar-refractivity contribution is 6.45. The van der Waals surface area contributed by atoms with Gasteiger partial charge in [-0.05, 0) is 44.4 Å². The summed E-state index contributed by atoms with van der Waals surface area (Å²) in [6.07, 6.45) is 1.92. The van der Waals surface area contributed by atoms with Crippen LogP contribution < -0.4 is 10.6 Å². The summed E-state index contributed by atoms with van der Waals surface area (Å²) in [6.45, 7) is 1.79. The Balaban J connectivity index is 1.35. The molecule has 0 aliphatic heterocycles. The van der Waals surface area contributed by atoms with E-state index >= 15 is 0 Å². The smallest absolute Gasteiger partial charge is 0.411 e. The van der Waals surface area contributed by atoms with Crippen molar-refractivity contribution in [1.29, 1.82) is 0 Å². The molecule has 2 atom stereocenters. The van der Waals surface area contributed by atoms with Gasteiger partial charge in [0.2, 0.25) is 0 Å². The van der Waals surface area contributed by atoms with Gasteiger partial charge in [-0.25, -0.2) is 4.79 Å². The number of benzene rings is 2. The Bertz CT molecular complexity index is 1110. The lowest BCUT2D eigenvalue weighted by Gasteiger charge is -2.29. The van der Waals surface area contributed by atoms with Crippen molar-refractivity contribution in [3.63, 3.8) is 0 Å². The Labute approximate surface area is 180 Å². The van der Waals surface area contributed by atoms with E-state index in [1.807, 2.05) is 42.5 Å². The number of Topliss-reactive ketones (excluding diaryl/α,β-unsaturated/α-hetero) is 1. The van der Waals surface area contributed by atoms with Crippen molar-refractivity contribution in [2.45, 2.75) is 44.8 Å². The van der Waals surface area contributed by atoms with Crippen LogP contribution in [0.2, 0.25) is 0 Å². The minimum Gasteiger partial charge on any atom is -0.446 e. The Hall–Kier alpha value is -3.61. The molecule has 2 amide bonds. The molecule has 1 fully saturated rings. The van der Waals surface area contributed by atoms with E-state index in [2.05, 4.69) is 15.6 Å². The molecule has 1 aliphatic rings. The SMILES string of the molecule is Cc1[nH]c2ccccc2c1C(=O)C(=O)NC1CCCC(OC(=O)Nc2ccccc2)C1. The number of para-hydroxylation sites is 2. The van der Waals surface area contributed by atoms with Gasteiger partial charge in [0.25, 0.3) is 11.7 Å². The van der Waals surface area contributed by atoms with E-state index in [9.17, 15) is 14.4 Å². The second-order valence-corrected chi connectivity index (χ2v) is 7.86. The fraction of sp³-hybridized carbons (Fsp3) is 0.292. The molecule has 7 heteroatoms. The van der Waals surface area contributed by atoms with Crippen molar-refractivity contribution in [2.75, 3.05) is 5.32 Å². The zero-order valence-electron chi connectivity index (χ0n) is 17.3. The molecule has 4 rings (SSSR count). The molecule has 31 heavy (non-hydrogen) atoms. The van der Waals surface area contributed by atoms with E-state index in [0.717, 1.165) is 30.2 Å². The molecule has 0 bridgehead atoms. The minimum atomic E-state index is -0.632. The Kier molecular flexibility index (Phi) is 6.02. The highest BCUT2D eigenvalue weighted by atomic mass is 16.6. The first-order valence-electron chi connectivity index (χ1n) is 10.5. The zero-order valence-corrected chi connectivity index (χ0v) is 17.3. The van der Waals surface area contributed by atoms with Crippen molar-refractivity contribution < 1.29 is 19.1 Å². The van der Waals surface area contributed by atoms with Crippen molar-refractivity contribution >= 4 is 34.4 Å². The number of fused-ring (bicyclic) bond motifs is 1. The molecule has 160 valence electrons. The Morgan fingerprint density at radius 2 is 1.74 bits per heavy atom. The number of nitrogens with one attached hydrogen (secondary N) is 3. The number of ether oxygens (including phenoxy) is 1. The second kappa shape index (κ2) is 9.04. The lowest BCUT2D eigenvalue weighted by atomic mass is 9.92. The van der Waals surface area contributed by atoms with E-state index in [1.165, 1.54) is 0 Å². The van der Waals surface area contributed by atoms with Crippen LogP contribution >= 0.6 is 0 Å². The lowest BCUT2D eigenvalue weighted by molar-refractivity contribution is -0.118. The topological polar surface area (TPSA) is 100 Å². The molecule has 1 saturated carbocycles. The van der Waals surface area contributed by atoms with E-state index in [4.69, 9.17) is 4.74 Å². The van der Waals surface area contributed by atoms with Crippen LogP contribution in [0.4, 0.5) is 10.5 Å². The van der Waals surface area contributed by atoms with Crippen LogP contribution in [-0.4, -0.2) is 34.9 Å². The predicted molar refractivity (Wildman–Crippen MR) is 118 cm³/mol. The van der Waals surface area contributed by atoms with Crippen molar-refractivity contribution in [2.24, 2.45) is 0 Å². The highest BCUT2D eigenvalue weighted by Crippen LogP contribution is 2.24. The van der Waals surface area contributed by atoms with Gasteiger partial charge in [-0.2, -0.15) is 0 Å². The maximum absolute atomic E-state index is 12.8. The number of aromatic amines is 1. The second-order valence-electron chi connectivity index (χ2n) is 7.86. The number of amides is 2. The fourth-order valence-electron chi connectivity index (χ4n) is 4.14. The summed E-state index contributed by atoms with van der Waals surface area (Å²) in [5, 5.41) is 6.27. The van der Waals surface area contributed by atoms with Crippen LogP contribution in [0.25, 0.3) is 10.9 Å². The summed E-state index contributed by atoms with van der Waals surface area (Å²) in [4.78, 5) is 40.8. The van der Waals surface area contributed by atoms with Gasteiger partial charge >= 0.3 is 6.09 Å². The van der Waals surface area contributed by atoms with Gasteiger partial charge in [-0.1, -0.05) is 36.4 Å². The largest absolute Gasteiger partial charge is 0.446 e. The lowest BCUT2D eigenvalue weighted by Crippen LogP contribution is -2.44. The number of hydrogen-bond donors (Lipinski definition) is 3. The quantitative estimate of drug-likeness (QED) is 0.423. The average molecular weight is 419 g/mol. The standard InChI is InChI=1S/C24H25N3O4/c1-15-21(19-12-5-6-13-20(19)25-15)22(28)23(29)26-17-10-7-11-18(14-17)31-24(30)27-16-8-3-2-4-9-16/h2-6,8-9,12-13,17-18,25H,7,10-11,14H2,1H3,(H,26,29)(H,27,30). The van der Waals surface area contributed by atoms with Gasteiger partial charge < -0.3 is 15.0 Å². The Morgan fingerprint density at radius 3 is 2.55 bits per heavy atom. The number of hydrogen-bond acceptors (Lipinski definition) is 4. The van der Waals surface area contributed by atoms with Crippen molar-refractivity contribution in [1.82, 2.24) is 10.3 Å². The first-order chi connectivity index (χ1) is 15.0. The molecule has 7 nitrogen and oxygen atoms in total. The van der Waals surface area contributed by atoms with Gasteiger partial charge in [0.05, 0.1) is 5.56 Å². The first kappa shape index (κ1) is 20.7. The summed E-state index contributed by atoms with van der Waals surface area (Å²) in [7, 11) is 0. The normalized spacial score (nSPS) is 18.4. The number of carbonyl (C=O) groups is 3.